The number of aromatic carboxylic acids is 1. The van der Waals surface area contributed by atoms with Crippen molar-refractivity contribution in [2.75, 3.05) is 0 Å². The minimum Gasteiger partial charge on any atom is -0.476 e. The summed E-state index contributed by atoms with van der Waals surface area (Å²) in [5.74, 6) is -2.30. The number of hydrogen-bond acceptors (Lipinski definition) is 2. The molecule has 100 valence electrons. The van der Waals surface area contributed by atoms with Crippen LogP contribution in [0.2, 0.25) is 0 Å². The first-order valence-corrected chi connectivity index (χ1v) is 5.74. The molecule has 2 heterocycles. The maximum Gasteiger partial charge on any atom is 0.355 e. The van der Waals surface area contributed by atoms with Gasteiger partial charge in [-0.2, -0.15) is 0 Å². The highest BCUT2D eigenvalue weighted by Crippen LogP contribution is 2.25. The van der Waals surface area contributed by atoms with Crippen LogP contribution in [0.5, 0.6) is 0 Å². The van der Waals surface area contributed by atoms with Crippen molar-refractivity contribution in [3.63, 3.8) is 0 Å². The van der Waals surface area contributed by atoms with Gasteiger partial charge in [-0.1, -0.05) is 0 Å². The molecule has 0 amide bonds. The number of benzene rings is 1. The van der Waals surface area contributed by atoms with Gasteiger partial charge in [-0.3, -0.25) is 4.40 Å². The highest BCUT2D eigenvalue weighted by Gasteiger charge is 2.21. The Morgan fingerprint density at radius 3 is 2.50 bits per heavy atom. The zero-order chi connectivity index (χ0) is 14.3. The number of carboxylic acids is 1. The summed E-state index contributed by atoms with van der Waals surface area (Å²) in [6.45, 7) is 0. The van der Waals surface area contributed by atoms with E-state index in [9.17, 15) is 18.7 Å². The Kier molecular flexibility index (Phi) is 2.71. The van der Waals surface area contributed by atoms with E-state index in [1.807, 2.05) is 0 Å². The van der Waals surface area contributed by atoms with Gasteiger partial charge >= 0.3 is 5.97 Å². The van der Waals surface area contributed by atoms with Crippen LogP contribution in [0.15, 0.2) is 42.6 Å². The molecule has 0 bridgehead atoms. The van der Waals surface area contributed by atoms with Crippen LogP contribution < -0.4 is 0 Å². The van der Waals surface area contributed by atoms with Gasteiger partial charge in [0.25, 0.3) is 0 Å². The average molecular weight is 274 g/mol. The normalized spacial score (nSPS) is 10.9. The molecule has 2 aromatic heterocycles. The predicted octanol–water partition coefficient (Wildman–Crippen LogP) is 2.98. The molecule has 0 saturated heterocycles. The quantitative estimate of drug-likeness (QED) is 0.781. The van der Waals surface area contributed by atoms with Gasteiger partial charge in [0.1, 0.15) is 11.5 Å². The van der Waals surface area contributed by atoms with Crippen LogP contribution in [-0.2, 0) is 0 Å². The number of aromatic nitrogens is 2. The van der Waals surface area contributed by atoms with Crippen LogP contribution in [0.4, 0.5) is 8.78 Å². The summed E-state index contributed by atoms with van der Waals surface area (Å²) in [5, 5.41) is 9.30. The second-order valence-electron chi connectivity index (χ2n) is 4.17. The SMILES string of the molecule is O=C(O)c1c(-c2ccc(F)cc2)nc2c(F)cccn12. The molecular weight excluding hydrogens is 266 g/mol. The van der Waals surface area contributed by atoms with Crippen molar-refractivity contribution < 1.29 is 18.7 Å². The molecule has 3 aromatic rings. The smallest absolute Gasteiger partial charge is 0.355 e. The van der Waals surface area contributed by atoms with E-state index in [0.717, 1.165) is 4.40 Å². The van der Waals surface area contributed by atoms with E-state index >= 15 is 0 Å². The molecule has 0 unspecified atom stereocenters. The molecule has 6 heteroatoms. The lowest BCUT2D eigenvalue weighted by molar-refractivity contribution is 0.0690. The van der Waals surface area contributed by atoms with Crippen molar-refractivity contribution in [3.8, 4) is 11.3 Å². The van der Waals surface area contributed by atoms with Crippen LogP contribution in [0.25, 0.3) is 16.9 Å². The summed E-state index contributed by atoms with van der Waals surface area (Å²) in [4.78, 5) is 15.4. The van der Waals surface area contributed by atoms with Crippen LogP contribution in [0.3, 0.4) is 0 Å². The number of pyridine rings is 1. The first-order valence-electron chi connectivity index (χ1n) is 5.74. The largest absolute Gasteiger partial charge is 0.476 e. The van der Waals surface area contributed by atoms with E-state index in [1.165, 1.54) is 42.6 Å². The van der Waals surface area contributed by atoms with Gasteiger partial charge < -0.3 is 5.11 Å². The summed E-state index contributed by atoms with van der Waals surface area (Å²) < 4.78 is 27.8. The molecule has 1 aromatic carbocycles. The zero-order valence-electron chi connectivity index (χ0n) is 10.0. The maximum atomic E-state index is 13.7. The van der Waals surface area contributed by atoms with Gasteiger partial charge in [0.2, 0.25) is 0 Å². The molecule has 1 N–H and O–H groups in total. The monoisotopic (exact) mass is 274 g/mol. The third kappa shape index (κ3) is 1.82. The molecule has 0 atom stereocenters. The lowest BCUT2D eigenvalue weighted by Crippen LogP contribution is -2.03. The topological polar surface area (TPSA) is 54.6 Å². The molecule has 0 saturated carbocycles. The minimum absolute atomic E-state index is 0.0794. The Morgan fingerprint density at radius 2 is 1.85 bits per heavy atom. The summed E-state index contributed by atoms with van der Waals surface area (Å²) in [5.41, 5.74) is 0.268. The molecular formula is C14H8F2N2O2. The molecule has 0 aliphatic carbocycles. The summed E-state index contributed by atoms with van der Waals surface area (Å²) in [6.07, 6.45) is 1.42. The van der Waals surface area contributed by atoms with E-state index in [0.29, 0.717) is 5.56 Å². The number of carbonyl (C=O) groups is 1. The number of hydrogen-bond donors (Lipinski definition) is 1. The highest BCUT2D eigenvalue weighted by molar-refractivity contribution is 5.94. The van der Waals surface area contributed by atoms with Gasteiger partial charge in [-0.05, 0) is 36.4 Å². The van der Waals surface area contributed by atoms with E-state index in [1.54, 1.807) is 0 Å². The van der Waals surface area contributed by atoms with Gasteiger partial charge in [-0.15, -0.1) is 0 Å². The van der Waals surface area contributed by atoms with Crippen LogP contribution in [0, 0.1) is 11.6 Å². The lowest BCUT2D eigenvalue weighted by Gasteiger charge is -2.00. The van der Waals surface area contributed by atoms with Gasteiger partial charge in [-0.25, -0.2) is 18.6 Å². The van der Waals surface area contributed by atoms with Gasteiger partial charge in [0.05, 0.1) is 0 Å². The highest BCUT2D eigenvalue weighted by atomic mass is 19.1. The van der Waals surface area contributed by atoms with Crippen molar-refractivity contribution in [1.29, 1.82) is 0 Å². The average Bonchev–Trinajstić information content (AvgIpc) is 2.80. The fraction of sp³-hybridized carbons (Fsp3) is 0. The van der Waals surface area contributed by atoms with E-state index in [2.05, 4.69) is 4.98 Å². The molecule has 4 nitrogen and oxygen atoms in total. The Labute approximate surface area is 111 Å². The van der Waals surface area contributed by atoms with E-state index in [4.69, 9.17) is 0 Å². The summed E-state index contributed by atoms with van der Waals surface area (Å²) >= 11 is 0. The molecule has 3 rings (SSSR count). The lowest BCUT2D eigenvalue weighted by atomic mass is 10.1. The van der Waals surface area contributed by atoms with Crippen molar-refractivity contribution in [2.24, 2.45) is 0 Å². The van der Waals surface area contributed by atoms with Crippen LogP contribution >= 0.6 is 0 Å². The van der Waals surface area contributed by atoms with E-state index in [-0.39, 0.29) is 17.0 Å². The Balaban J connectivity index is 2.35. The Morgan fingerprint density at radius 1 is 1.15 bits per heavy atom. The van der Waals surface area contributed by atoms with Crippen molar-refractivity contribution >= 4 is 11.6 Å². The van der Waals surface area contributed by atoms with Crippen LogP contribution in [0.1, 0.15) is 10.5 Å². The third-order valence-electron chi connectivity index (χ3n) is 2.92. The second-order valence-corrected chi connectivity index (χ2v) is 4.17. The predicted molar refractivity (Wildman–Crippen MR) is 67.5 cm³/mol. The number of nitrogens with zero attached hydrogens (tertiary/aromatic N) is 2. The maximum absolute atomic E-state index is 13.7. The summed E-state index contributed by atoms with van der Waals surface area (Å²) in [7, 11) is 0. The van der Waals surface area contributed by atoms with E-state index < -0.39 is 17.6 Å². The number of halogens is 2. The number of fused-ring (bicyclic) bond motifs is 1. The molecule has 0 aliphatic rings. The first kappa shape index (κ1) is 12.3. The fourth-order valence-corrected chi connectivity index (χ4v) is 2.05. The first-order chi connectivity index (χ1) is 9.58. The minimum atomic E-state index is -1.23. The molecule has 0 radical (unpaired) electrons. The van der Waals surface area contributed by atoms with Gasteiger partial charge in [0.15, 0.2) is 17.2 Å². The third-order valence-corrected chi connectivity index (χ3v) is 2.92. The number of carboxylic acid groups (broad SMARTS) is 1. The van der Waals surface area contributed by atoms with Crippen molar-refractivity contribution in [1.82, 2.24) is 9.38 Å². The molecule has 0 fully saturated rings. The van der Waals surface area contributed by atoms with Gasteiger partial charge in [0, 0.05) is 11.8 Å². The standard InChI is InChI=1S/C14H8F2N2O2/c15-9-5-3-8(4-6-9)11-12(14(19)20)18-7-1-2-10(16)13(18)17-11/h1-7H,(H,19,20). The van der Waals surface area contributed by atoms with Crippen LogP contribution in [-0.4, -0.2) is 20.5 Å². The number of rotatable bonds is 2. The summed E-state index contributed by atoms with van der Waals surface area (Å²) in [6, 6.07) is 7.79. The fourth-order valence-electron chi connectivity index (χ4n) is 2.05. The van der Waals surface area contributed by atoms with Crippen molar-refractivity contribution in [3.05, 3.63) is 59.9 Å². The zero-order valence-corrected chi connectivity index (χ0v) is 10.0. The van der Waals surface area contributed by atoms with Crippen molar-refractivity contribution in [2.45, 2.75) is 0 Å². The molecule has 0 spiro atoms. The Bertz CT molecular complexity index is 810. The molecule has 20 heavy (non-hydrogen) atoms. The second kappa shape index (κ2) is 4.41. The molecule has 0 aliphatic heterocycles. The Hall–Kier alpha value is -2.76. The number of imidazole rings is 1.